The van der Waals surface area contributed by atoms with Crippen LogP contribution in [0, 0.1) is 0 Å². The summed E-state index contributed by atoms with van der Waals surface area (Å²) in [5.74, 6) is 3.31. The molecule has 0 bridgehead atoms. The van der Waals surface area contributed by atoms with Gasteiger partial charge in [-0.3, -0.25) is 0 Å². The Morgan fingerprint density at radius 1 is 1.53 bits per heavy atom. The Bertz CT molecular complexity index is 321. The average Bonchev–Trinajstić information content (AvgIpc) is 2.17. The molecule has 1 aromatic rings. The molecular weight excluding hydrogens is 232 g/mol. The minimum absolute atomic E-state index is 0.216. The van der Waals surface area contributed by atoms with Crippen LogP contribution in [0.1, 0.15) is 12.8 Å². The van der Waals surface area contributed by atoms with E-state index in [1.807, 2.05) is 11.8 Å². The van der Waals surface area contributed by atoms with Crippen molar-refractivity contribution >= 4 is 35.1 Å². The second-order valence-corrected chi connectivity index (χ2v) is 5.03. The molecular formula is C9H13ClN4S. The summed E-state index contributed by atoms with van der Waals surface area (Å²) in [5, 5.41) is 3.71. The first-order valence-corrected chi connectivity index (χ1v) is 6.41. The van der Waals surface area contributed by atoms with Gasteiger partial charge in [0.25, 0.3) is 0 Å². The van der Waals surface area contributed by atoms with Crippen molar-refractivity contribution in [3.8, 4) is 0 Å². The fraction of sp³-hybridized carbons (Fsp3) is 0.556. The maximum absolute atomic E-state index is 5.79. The highest BCUT2D eigenvalue weighted by Crippen LogP contribution is 2.21. The lowest BCUT2D eigenvalue weighted by molar-refractivity contribution is 0.682. The predicted octanol–water partition coefficient (Wildman–Crippen LogP) is 2.02. The third-order valence-corrected chi connectivity index (χ3v) is 3.63. The molecule has 2 rings (SSSR count). The van der Waals surface area contributed by atoms with Gasteiger partial charge in [-0.2, -0.15) is 16.7 Å². The summed E-state index contributed by atoms with van der Waals surface area (Å²) >= 11 is 7.75. The molecule has 1 fully saturated rings. The minimum Gasteiger partial charge on any atom is -0.368 e. The standard InChI is InChI=1S/C9H13ClN4S/c10-7-4-8(14-9(11)13-7)12-6-2-1-3-15-5-6/h4,6H,1-3,5H2,(H3,11,12,13,14)/t6-/m0/s1. The van der Waals surface area contributed by atoms with E-state index in [1.54, 1.807) is 6.07 Å². The maximum atomic E-state index is 5.79. The molecule has 1 aromatic heterocycles. The molecule has 0 amide bonds. The first-order chi connectivity index (χ1) is 7.24. The van der Waals surface area contributed by atoms with Crippen molar-refractivity contribution in [2.45, 2.75) is 18.9 Å². The number of hydrogen-bond acceptors (Lipinski definition) is 5. The van der Waals surface area contributed by atoms with Gasteiger partial charge in [0.05, 0.1) is 0 Å². The number of nitrogen functional groups attached to an aromatic ring is 1. The SMILES string of the molecule is Nc1nc(Cl)cc(N[C@H]2CCCSC2)n1. The number of anilines is 2. The Balaban J connectivity index is 2.02. The van der Waals surface area contributed by atoms with E-state index in [4.69, 9.17) is 17.3 Å². The number of rotatable bonds is 2. The van der Waals surface area contributed by atoms with Crippen molar-refractivity contribution in [3.05, 3.63) is 11.2 Å². The number of hydrogen-bond donors (Lipinski definition) is 2. The molecule has 2 heterocycles. The summed E-state index contributed by atoms with van der Waals surface area (Å²) in [5.41, 5.74) is 5.51. The Morgan fingerprint density at radius 3 is 3.07 bits per heavy atom. The van der Waals surface area contributed by atoms with Gasteiger partial charge in [-0.05, 0) is 18.6 Å². The van der Waals surface area contributed by atoms with Gasteiger partial charge in [0.15, 0.2) is 0 Å². The van der Waals surface area contributed by atoms with Crippen molar-refractivity contribution < 1.29 is 0 Å². The van der Waals surface area contributed by atoms with Crippen LogP contribution < -0.4 is 11.1 Å². The molecule has 15 heavy (non-hydrogen) atoms. The second kappa shape index (κ2) is 4.90. The summed E-state index contributed by atoms with van der Waals surface area (Å²) in [4.78, 5) is 7.90. The molecule has 1 aliphatic rings. The third kappa shape index (κ3) is 3.14. The molecule has 0 spiro atoms. The normalized spacial score (nSPS) is 21.3. The molecule has 1 saturated heterocycles. The highest BCUT2D eigenvalue weighted by Gasteiger charge is 2.14. The van der Waals surface area contributed by atoms with E-state index in [1.165, 1.54) is 18.6 Å². The van der Waals surface area contributed by atoms with Gasteiger partial charge in [-0.1, -0.05) is 11.6 Å². The number of aromatic nitrogens is 2. The van der Waals surface area contributed by atoms with Crippen molar-refractivity contribution in [2.24, 2.45) is 0 Å². The largest absolute Gasteiger partial charge is 0.368 e. The van der Waals surface area contributed by atoms with Crippen molar-refractivity contribution in [3.63, 3.8) is 0 Å². The molecule has 1 atom stereocenters. The van der Waals surface area contributed by atoms with E-state index in [-0.39, 0.29) is 5.95 Å². The van der Waals surface area contributed by atoms with Gasteiger partial charge in [0.2, 0.25) is 5.95 Å². The van der Waals surface area contributed by atoms with Crippen LogP contribution in [0.3, 0.4) is 0 Å². The van der Waals surface area contributed by atoms with Crippen molar-refractivity contribution in [1.82, 2.24) is 9.97 Å². The average molecular weight is 245 g/mol. The molecule has 82 valence electrons. The topological polar surface area (TPSA) is 63.8 Å². The summed E-state index contributed by atoms with van der Waals surface area (Å²) in [6, 6.07) is 2.17. The summed E-state index contributed by atoms with van der Waals surface area (Å²) < 4.78 is 0. The van der Waals surface area contributed by atoms with Gasteiger partial charge in [-0.25, -0.2) is 4.98 Å². The maximum Gasteiger partial charge on any atom is 0.223 e. The van der Waals surface area contributed by atoms with Crippen LogP contribution in [-0.4, -0.2) is 27.5 Å². The highest BCUT2D eigenvalue weighted by molar-refractivity contribution is 7.99. The zero-order valence-electron chi connectivity index (χ0n) is 8.24. The molecule has 3 N–H and O–H groups in total. The lowest BCUT2D eigenvalue weighted by atomic mass is 10.2. The quantitative estimate of drug-likeness (QED) is 0.780. The summed E-state index contributed by atoms with van der Waals surface area (Å²) in [7, 11) is 0. The van der Waals surface area contributed by atoms with Gasteiger partial charge >= 0.3 is 0 Å². The van der Waals surface area contributed by atoms with Crippen molar-refractivity contribution in [1.29, 1.82) is 0 Å². The van der Waals surface area contributed by atoms with Crippen LogP contribution in [0.25, 0.3) is 0 Å². The Kier molecular flexibility index (Phi) is 3.53. The molecule has 1 aliphatic heterocycles. The summed E-state index contributed by atoms with van der Waals surface area (Å²) in [6.07, 6.45) is 2.42. The van der Waals surface area contributed by atoms with Crippen LogP contribution in [0.15, 0.2) is 6.07 Å². The van der Waals surface area contributed by atoms with Gasteiger partial charge in [0.1, 0.15) is 11.0 Å². The first kappa shape index (κ1) is 10.8. The first-order valence-electron chi connectivity index (χ1n) is 4.88. The molecule has 0 aliphatic carbocycles. The highest BCUT2D eigenvalue weighted by atomic mass is 35.5. The number of nitrogens with two attached hydrogens (primary N) is 1. The van der Waals surface area contributed by atoms with E-state index in [0.29, 0.717) is 11.2 Å². The predicted molar refractivity (Wildman–Crippen MR) is 65.4 cm³/mol. The number of thioether (sulfide) groups is 1. The number of nitrogens with zero attached hydrogens (tertiary/aromatic N) is 2. The van der Waals surface area contributed by atoms with Crippen LogP contribution in [0.2, 0.25) is 5.15 Å². The van der Waals surface area contributed by atoms with Crippen LogP contribution in [0.4, 0.5) is 11.8 Å². The molecule has 0 saturated carbocycles. The Hall–Kier alpha value is -0.680. The lowest BCUT2D eigenvalue weighted by Crippen LogP contribution is -2.26. The van der Waals surface area contributed by atoms with Gasteiger partial charge in [-0.15, -0.1) is 0 Å². The second-order valence-electron chi connectivity index (χ2n) is 3.49. The minimum atomic E-state index is 0.216. The Labute approximate surface area is 98.0 Å². The lowest BCUT2D eigenvalue weighted by Gasteiger charge is -2.22. The van der Waals surface area contributed by atoms with Crippen LogP contribution in [0.5, 0.6) is 0 Å². The molecule has 0 aromatic carbocycles. The Morgan fingerprint density at radius 2 is 2.40 bits per heavy atom. The molecule has 6 heteroatoms. The number of halogens is 1. The molecule has 0 unspecified atom stereocenters. The smallest absolute Gasteiger partial charge is 0.223 e. The zero-order chi connectivity index (χ0) is 10.7. The third-order valence-electron chi connectivity index (χ3n) is 2.22. The van der Waals surface area contributed by atoms with Crippen molar-refractivity contribution in [2.75, 3.05) is 22.6 Å². The van der Waals surface area contributed by atoms with E-state index >= 15 is 0 Å². The fourth-order valence-corrected chi connectivity index (χ4v) is 2.83. The fourth-order valence-electron chi connectivity index (χ4n) is 1.57. The van der Waals surface area contributed by atoms with Crippen LogP contribution >= 0.6 is 23.4 Å². The van der Waals surface area contributed by atoms with E-state index in [9.17, 15) is 0 Å². The molecule has 0 radical (unpaired) electrons. The van der Waals surface area contributed by atoms with Gasteiger partial charge < -0.3 is 11.1 Å². The van der Waals surface area contributed by atoms with E-state index < -0.39 is 0 Å². The van der Waals surface area contributed by atoms with Crippen LogP contribution in [-0.2, 0) is 0 Å². The zero-order valence-corrected chi connectivity index (χ0v) is 9.81. The van der Waals surface area contributed by atoms with E-state index in [0.717, 1.165) is 11.6 Å². The monoisotopic (exact) mass is 244 g/mol. The van der Waals surface area contributed by atoms with Gasteiger partial charge in [0, 0.05) is 17.9 Å². The molecule has 4 nitrogen and oxygen atoms in total. The van der Waals surface area contributed by atoms with E-state index in [2.05, 4.69) is 15.3 Å². The summed E-state index contributed by atoms with van der Waals surface area (Å²) in [6.45, 7) is 0. The number of nitrogens with one attached hydrogen (secondary N) is 1.